The summed E-state index contributed by atoms with van der Waals surface area (Å²) in [6, 6.07) is 5.52. The van der Waals surface area contributed by atoms with Gasteiger partial charge in [0.25, 0.3) is 5.91 Å². The van der Waals surface area contributed by atoms with Crippen LogP contribution in [-0.2, 0) is 29.1 Å². The van der Waals surface area contributed by atoms with Crippen LogP contribution in [0.15, 0.2) is 29.2 Å². The van der Waals surface area contributed by atoms with Crippen LogP contribution in [0.25, 0.3) is 0 Å². The molecule has 0 unspecified atom stereocenters. The van der Waals surface area contributed by atoms with Gasteiger partial charge in [-0.15, -0.1) is 0 Å². The Morgan fingerprint density at radius 1 is 1.21 bits per heavy atom. The molecule has 3 rings (SSSR count). The van der Waals surface area contributed by atoms with Gasteiger partial charge in [-0.2, -0.15) is 0 Å². The van der Waals surface area contributed by atoms with Crippen LogP contribution in [0.5, 0.6) is 0 Å². The minimum atomic E-state index is -3.82. The molecule has 1 aromatic rings. The van der Waals surface area contributed by atoms with Crippen molar-refractivity contribution in [3.8, 4) is 0 Å². The number of sulfonamides is 1. The number of likely N-dealkylation sites (tertiary alicyclic amines) is 1. The van der Waals surface area contributed by atoms with Gasteiger partial charge >= 0.3 is 5.97 Å². The number of hydrogen-bond acceptors (Lipinski definition) is 6. The van der Waals surface area contributed by atoms with Gasteiger partial charge in [-0.05, 0) is 44.0 Å². The molecule has 158 valence electrons. The van der Waals surface area contributed by atoms with Crippen molar-refractivity contribution in [1.82, 2.24) is 4.90 Å². The molecule has 10 heteroatoms. The number of carbonyl (C=O) groups excluding carboxylic acids is 3. The average molecular weight is 423 g/mol. The molecule has 0 aromatic heterocycles. The fourth-order valence-corrected chi connectivity index (χ4v) is 4.27. The van der Waals surface area contributed by atoms with Crippen molar-refractivity contribution < 1.29 is 27.5 Å². The first-order valence-electron chi connectivity index (χ1n) is 9.59. The number of primary sulfonamides is 1. The number of hydrogen-bond donors (Lipinski definition) is 2. The molecular weight excluding hydrogens is 398 g/mol. The summed E-state index contributed by atoms with van der Waals surface area (Å²) in [6.07, 6.45) is 3.18. The molecule has 1 aromatic carbocycles. The summed E-state index contributed by atoms with van der Waals surface area (Å²) in [7, 11) is -3.82. The smallest absolute Gasteiger partial charge is 0.312 e. The Balaban J connectivity index is 1.52. The molecule has 3 N–H and O–H groups in total. The number of ether oxygens (including phenoxy) is 1. The van der Waals surface area contributed by atoms with Gasteiger partial charge in [-0.25, -0.2) is 13.6 Å². The van der Waals surface area contributed by atoms with E-state index in [1.165, 1.54) is 31.2 Å². The Hall–Kier alpha value is -2.46. The second kappa shape index (κ2) is 8.50. The van der Waals surface area contributed by atoms with Gasteiger partial charge in [0.05, 0.1) is 10.8 Å². The maximum atomic E-state index is 12.4. The van der Waals surface area contributed by atoms with E-state index < -0.39 is 33.9 Å². The molecule has 2 fully saturated rings. The Morgan fingerprint density at radius 2 is 1.83 bits per heavy atom. The number of benzene rings is 1. The molecule has 2 amide bonds. The highest BCUT2D eigenvalue weighted by atomic mass is 32.2. The summed E-state index contributed by atoms with van der Waals surface area (Å²) in [5, 5.41) is 7.58. The zero-order valence-electron chi connectivity index (χ0n) is 16.2. The van der Waals surface area contributed by atoms with E-state index in [0.717, 1.165) is 25.7 Å². The van der Waals surface area contributed by atoms with Crippen LogP contribution < -0.4 is 10.5 Å². The molecule has 1 aliphatic heterocycles. The number of anilines is 1. The topological polar surface area (TPSA) is 136 Å². The van der Waals surface area contributed by atoms with Gasteiger partial charge in [0.2, 0.25) is 15.9 Å². The van der Waals surface area contributed by atoms with E-state index in [1.807, 2.05) is 0 Å². The summed E-state index contributed by atoms with van der Waals surface area (Å²) >= 11 is 0. The van der Waals surface area contributed by atoms with Crippen LogP contribution >= 0.6 is 0 Å². The van der Waals surface area contributed by atoms with E-state index in [0.29, 0.717) is 12.2 Å². The zero-order valence-corrected chi connectivity index (χ0v) is 17.0. The summed E-state index contributed by atoms with van der Waals surface area (Å²) in [4.78, 5) is 38.6. The molecule has 0 radical (unpaired) electrons. The third-order valence-corrected chi connectivity index (χ3v) is 6.30. The lowest BCUT2D eigenvalue weighted by atomic mass is 10.1. The standard InChI is InChI=1S/C19H25N3O6S/c1-12(18(24)21-14-6-8-16(9-7-14)29(20,26)27)28-19(25)13-10-17(23)22(11-13)15-4-2-3-5-15/h6-9,12-13,15H,2-5,10-11H2,1H3,(H,21,24)(H2,20,26,27)/t12-,13+/m0/s1. The Labute approximate surface area is 169 Å². The SMILES string of the molecule is C[C@H](OC(=O)[C@@H]1CC(=O)N(C2CCCC2)C1)C(=O)Nc1ccc(S(N)(=O)=O)cc1. The normalized spacial score (nSPS) is 21.2. The van der Waals surface area contributed by atoms with Crippen LogP contribution in [0, 0.1) is 5.92 Å². The van der Waals surface area contributed by atoms with Gasteiger partial charge < -0.3 is 15.0 Å². The number of esters is 1. The highest BCUT2D eigenvalue weighted by Crippen LogP contribution is 2.30. The van der Waals surface area contributed by atoms with Gasteiger partial charge in [0.1, 0.15) is 0 Å². The van der Waals surface area contributed by atoms with Crippen LogP contribution in [0.3, 0.4) is 0 Å². The quantitative estimate of drug-likeness (QED) is 0.655. The molecule has 0 spiro atoms. The molecule has 29 heavy (non-hydrogen) atoms. The van der Waals surface area contributed by atoms with Gasteiger partial charge in [-0.3, -0.25) is 14.4 Å². The molecule has 1 saturated carbocycles. The first-order chi connectivity index (χ1) is 13.6. The highest BCUT2D eigenvalue weighted by molar-refractivity contribution is 7.89. The lowest BCUT2D eigenvalue weighted by Gasteiger charge is -2.24. The summed E-state index contributed by atoms with van der Waals surface area (Å²) in [6.45, 7) is 1.78. The fourth-order valence-electron chi connectivity index (χ4n) is 3.75. The Morgan fingerprint density at radius 3 is 2.41 bits per heavy atom. The molecule has 2 aliphatic rings. The molecule has 0 bridgehead atoms. The summed E-state index contributed by atoms with van der Waals surface area (Å²) < 4.78 is 27.8. The number of amides is 2. The average Bonchev–Trinajstić information content (AvgIpc) is 3.30. The highest BCUT2D eigenvalue weighted by Gasteiger charge is 2.40. The fraction of sp³-hybridized carbons (Fsp3) is 0.526. The number of nitrogens with two attached hydrogens (primary N) is 1. The van der Waals surface area contributed by atoms with Gasteiger partial charge in [0.15, 0.2) is 6.10 Å². The van der Waals surface area contributed by atoms with E-state index in [2.05, 4.69) is 5.32 Å². The maximum Gasteiger partial charge on any atom is 0.312 e. The van der Waals surface area contributed by atoms with E-state index >= 15 is 0 Å². The number of nitrogens with one attached hydrogen (secondary N) is 1. The van der Waals surface area contributed by atoms with Crippen LogP contribution in [0.2, 0.25) is 0 Å². The van der Waals surface area contributed by atoms with Crippen molar-refractivity contribution in [2.24, 2.45) is 11.1 Å². The molecule has 1 aliphatic carbocycles. The van der Waals surface area contributed by atoms with E-state index in [-0.39, 0.29) is 23.3 Å². The first kappa shape index (κ1) is 21.3. The molecular formula is C19H25N3O6S. The zero-order chi connectivity index (χ0) is 21.2. The van der Waals surface area contributed by atoms with Crippen molar-refractivity contribution >= 4 is 33.5 Å². The van der Waals surface area contributed by atoms with Crippen molar-refractivity contribution in [2.45, 2.75) is 56.1 Å². The number of nitrogens with zero attached hydrogens (tertiary/aromatic N) is 1. The van der Waals surface area contributed by atoms with Gasteiger partial charge in [0, 0.05) is 24.7 Å². The summed E-state index contributed by atoms with van der Waals surface area (Å²) in [5.41, 5.74) is 0.341. The minimum Gasteiger partial charge on any atom is -0.452 e. The predicted octanol–water partition coefficient (Wildman–Crippen LogP) is 0.995. The van der Waals surface area contributed by atoms with Crippen molar-refractivity contribution in [1.29, 1.82) is 0 Å². The maximum absolute atomic E-state index is 12.4. The van der Waals surface area contributed by atoms with Crippen LogP contribution in [0.1, 0.15) is 39.0 Å². The molecule has 1 heterocycles. The number of carbonyl (C=O) groups is 3. The van der Waals surface area contributed by atoms with Crippen molar-refractivity contribution in [3.63, 3.8) is 0 Å². The summed E-state index contributed by atoms with van der Waals surface area (Å²) in [5.74, 6) is -1.72. The van der Waals surface area contributed by atoms with E-state index in [1.54, 1.807) is 4.90 Å². The molecule has 9 nitrogen and oxygen atoms in total. The lowest BCUT2D eigenvalue weighted by Crippen LogP contribution is -2.36. The van der Waals surface area contributed by atoms with E-state index in [9.17, 15) is 22.8 Å². The van der Waals surface area contributed by atoms with Crippen molar-refractivity contribution in [2.75, 3.05) is 11.9 Å². The Kier molecular flexibility index (Phi) is 6.23. The predicted molar refractivity (Wildman–Crippen MR) is 104 cm³/mol. The second-order valence-corrected chi connectivity index (χ2v) is 9.08. The first-order valence-corrected chi connectivity index (χ1v) is 11.1. The minimum absolute atomic E-state index is 0.0362. The third kappa shape index (κ3) is 5.13. The van der Waals surface area contributed by atoms with Crippen LogP contribution in [0.4, 0.5) is 5.69 Å². The molecule has 1 saturated heterocycles. The molecule has 2 atom stereocenters. The number of rotatable bonds is 6. The second-order valence-electron chi connectivity index (χ2n) is 7.52. The van der Waals surface area contributed by atoms with Crippen molar-refractivity contribution in [3.05, 3.63) is 24.3 Å². The largest absolute Gasteiger partial charge is 0.452 e. The third-order valence-electron chi connectivity index (χ3n) is 5.37. The lowest BCUT2D eigenvalue weighted by molar-refractivity contribution is -0.157. The Bertz CT molecular complexity index is 893. The van der Waals surface area contributed by atoms with E-state index in [4.69, 9.17) is 9.88 Å². The monoisotopic (exact) mass is 423 g/mol. The van der Waals surface area contributed by atoms with Crippen LogP contribution in [-0.4, -0.2) is 49.8 Å². The van der Waals surface area contributed by atoms with Gasteiger partial charge in [-0.1, -0.05) is 12.8 Å².